The number of aromatic nitrogens is 1. The Bertz CT molecular complexity index is 891. The van der Waals surface area contributed by atoms with Gasteiger partial charge in [-0.15, -0.1) is 0 Å². The zero-order valence-corrected chi connectivity index (χ0v) is 15.6. The van der Waals surface area contributed by atoms with Gasteiger partial charge in [-0.1, -0.05) is 23.2 Å². The highest BCUT2D eigenvalue weighted by Crippen LogP contribution is 2.29. The van der Waals surface area contributed by atoms with Crippen molar-refractivity contribution in [3.63, 3.8) is 0 Å². The SMILES string of the molecule is COC(=O)c1c(Cl)cc(C)nc1N(C)C(=O)Cc1c(F)ccc(F)c1Cl. The van der Waals surface area contributed by atoms with Crippen molar-refractivity contribution >= 4 is 40.9 Å². The van der Waals surface area contributed by atoms with Crippen molar-refractivity contribution in [2.24, 2.45) is 0 Å². The van der Waals surface area contributed by atoms with Crippen LogP contribution >= 0.6 is 23.2 Å². The molecule has 1 heterocycles. The van der Waals surface area contributed by atoms with Crippen LogP contribution in [-0.2, 0) is 16.0 Å². The van der Waals surface area contributed by atoms with Crippen LogP contribution in [0.2, 0.25) is 10.0 Å². The van der Waals surface area contributed by atoms with Crippen molar-refractivity contribution in [2.75, 3.05) is 19.1 Å². The molecule has 0 saturated heterocycles. The number of ether oxygens (including phenoxy) is 1. The number of pyridine rings is 1. The third kappa shape index (κ3) is 3.94. The van der Waals surface area contributed by atoms with Crippen LogP contribution in [0.4, 0.5) is 14.6 Å². The van der Waals surface area contributed by atoms with E-state index in [-0.39, 0.29) is 22.0 Å². The molecule has 0 radical (unpaired) electrons. The Labute approximate surface area is 158 Å². The molecule has 0 aliphatic carbocycles. The molecule has 0 aliphatic heterocycles. The summed E-state index contributed by atoms with van der Waals surface area (Å²) in [7, 11) is 2.49. The molecule has 26 heavy (non-hydrogen) atoms. The van der Waals surface area contributed by atoms with Crippen molar-refractivity contribution < 1.29 is 23.1 Å². The van der Waals surface area contributed by atoms with Gasteiger partial charge >= 0.3 is 5.97 Å². The lowest BCUT2D eigenvalue weighted by molar-refractivity contribution is -0.117. The van der Waals surface area contributed by atoms with Crippen LogP contribution in [0.1, 0.15) is 21.6 Å². The predicted octanol–water partition coefficient (Wildman–Crippen LogP) is 3.97. The summed E-state index contributed by atoms with van der Waals surface area (Å²) in [5.74, 6) is -3.17. The Morgan fingerprint density at radius 1 is 1.23 bits per heavy atom. The van der Waals surface area contributed by atoms with Gasteiger partial charge in [0.25, 0.3) is 0 Å². The maximum atomic E-state index is 13.9. The lowest BCUT2D eigenvalue weighted by Crippen LogP contribution is -2.31. The van der Waals surface area contributed by atoms with E-state index in [1.54, 1.807) is 6.92 Å². The van der Waals surface area contributed by atoms with Crippen molar-refractivity contribution in [2.45, 2.75) is 13.3 Å². The van der Waals surface area contributed by atoms with E-state index >= 15 is 0 Å². The first-order valence-corrected chi connectivity index (χ1v) is 8.07. The zero-order valence-electron chi connectivity index (χ0n) is 14.1. The van der Waals surface area contributed by atoms with Crippen molar-refractivity contribution in [3.8, 4) is 0 Å². The average molecular weight is 403 g/mol. The first-order valence-electron chi connectivity index (χ1n) is 7.31. The highest BCUT2D eigenvalue weighted by Gasteiger charge is 2.26. The highest BCUT2D eigenvalue weighted by atomic mass is 35.5. The summed E-state index contributed by atoms with van der Waals surface area (Å²) >= 11 is 11.8. The fourth-order valence-corrected chi connectivity index (χ4v) is 2.81. The highest BCUT2D eigenvalue weighted by molar-refractivity contribution is 6.34. The molecule has 0 atom stereocenters. The monoisotopic (exact) mass is 402 g/mol. The largest absolute Gasteiger partial charge is 0.465 e. The molecular formula is C17H14Cl2F2N2O3. The van der Waals surface area contributed by atoms with Gasteiger partial charge in [0, 0.05) is 18.3 Å². The number of benzene rings is 1. The number of methoxy groups -OCH3 is 1. The molecule has 9 heteroatoms. The van der Waals surface area contributed by atoms with Gasteiger partial charge < -0.3 is 4.74 Å². The molecule has 0 fully saturated rings. The minimum atomic E-state index is -0.842. The second kappa shape index (κ2) is 7.97. The van der Waals surface area contributed by atoms with Gasteiger partial charge in [-0.3, -0.25) is 9.69 Å². The molecule has 1 amide bonds. The van der Waals surface area contributed by atoms with Crippen LogP contribution < -0.4 is 4.90 Å². The Morgan fingerprint density at radius 2 is 1.85 bits per heavy atom. The van der Waals surface area contributed by atoms with Gasteiger partial charge in [0.2, 0.25) is 5.91 Å². The van der Waals surface area contributed by atoms with Crippen molar-refractivity contribution in [1.82, 2.24) is 4.98 Å². The molecule has 2 rings (SSSR count). The van der Waals surface area contributed by atoms with Crippen LogP contribution in [0.15, 0.2) is 18.2 Å². The third-order valence-corrected chi connectivity index (χ3v) is 4.34. The fraction of sp³-hybridized carbons (Fsp3) is 0.235. The van der Waals surface area contributed by atoms with Crippen LogP contribution in [-0.4, -0.2) is 31.0 Å². The summed E-state index contributed by atoms with van der Waals surface area (Å²) in [4.78, 5) is 29.7. The van der Waals surface area contributed by atoms with Gasteiger partial charge in [0.05, 0.1) is 23.6 Å². The van der Waals surface area contributed by atoms with Gasteiger partial charge in [-0.05, 0) is 25.1 Å². The maximum absolute atomic E-state index is 13.9. The minimum absolute atomic E-state index is 0.0500. The lowest BCUT2D eigenvalue weighted by Gasteiger charge is -2.20. The smallest absolute Gasteiger partial charge is 0.343 e. The number of hydrogen-bond acceptors (Lipinski definition) is 4. The number of likely N-dealkylation sites (N-methyl/N-ethyl adjacent to an activating group) is 1. The number of hydrogen-bond donors (Lipinski definition) is 0. The van der Waals surface area contributed by atoms with Crippen LogP contribution in [0.3, 0.4) is 0 Å². The number of carbonyl (C=O) groups is 2. The second-order valence-corrected chi connectivity index (χ2v) is 6.17. The summed E-state index contributed by atoms with van der Waals surface area (Å²) < 4.78 is 32.1. The van der Waals surface area contributed by atoms with E-state index in [2.05, 4.69) is 9.72 Å². The number of nitrogens with zero attached hydrogens (tertiary/aromatic N) is 2. The third-order valence-electron chi connectivity index (χ3n) is 3.63. The fourth-order valence-electron chi connectivity index (χ4n) is 2.27. The summed E-state index contributed by atoms with van der Waals surface area (Å²) in [6.07, 6.45) is -0.535. The summed E-state index contributed by atoms with van der Waals surface area (Å²) in [5.41, 5.74) is 0.0515. The van der Waals surface area contributed by atoms with Crippen LogP contribution in [0, 0.1) is 18.6 Å². The molecule has 2 aromatic rings. The Balaban J connectivity index is 2.44. The number of amides is 1. The maximum Gasteiger partial charge on any atom is 0.343 e. The van der Waals surface area contributed by atoms with Crippen molar-refractivity contribution in [1.29, 1.82) is 0 Å². The van der Waals surface area contributed by atoms with Gasteiger partial charge in [0.1, 0.15) is 17.2 Å². The molecule has 0 unspecified atom stereocenters. The molecule has 0 N–H and O–H groups in total. The molecule has 138 valence electrons. The van der Waals surface area contributed by atoms with E-state index in [0.717, 1.165) is 24.1 Å². The molecule has 0 saturated carbocycles. The molecular weight excluding hydrogens is 389 g/mol. The standard InChI is InChI=1S/C17H14Cl2F2N2O3/c1-8-6-10(18)14(17(25)26-3)16(22-8)23(2)13(24)7-9-11(20)4-5-12(21)15(9)19/h4-6H,7H2,1-3H3. The number of rotatable bonds is 4. The number of carbonyl (C=O) groups excluding carboxylic acids is 2. The molecule has 0 aliphatic rings. The Morgan fingerprint density at radius 3 is 2.46 bits per heavy atom. The Kier molecular flexibility index (Phi) is 6.15. The van der Waals surface area contributed by atoms with E-state index in [9.17, 15) is 18.4 Å². The van der Waals surface area contributed by atoms with E-state index in [1.165, 1.54) is 13.1 Å². The van der Waals surface area contributed by atoms with Gasteiger partial charge in [0.15, 0.2) is 5.82 Å². The average Bonchev–Trinajstić information content (AvgIpc) is 2.59. The predicted molar refractivity (Wildman–Crippen MR) is 93.8 cm³/mol. The van der Waals surface area contributed by atoms with E-state index in [0.29, 0.717) is 5.69 Å². The Hall–Kier alpha value is -2.25. The zero-order chi connectivity index (χ0) is 19.6. The molecule has 0 bridgehead atoms. The summed E-state index contributed by atoms with van der Waals surface area (Å²) in [5, 5.41) is -0.427. The van der Waals surface area contributed by atoms with Crippen LogP contribution in [0.5, 0.6) is 0 Å². The normalized spacial score (nSPS) is 10.6. The quantitative estimate of drug-likeness (QED) is 0.573. The number of aryl methyl sites for hydroxylation is 1. The first kappa shape index (κ1) is 20.1. The minimum Gasteiger partial charge on any atom is -0.465 e. The summed E-state index contributed by atoms with van der Waals surface area (Å²) in [6.45, 7) is 1.62. The molecule has 0 spiro atoms. The van der Waals surface area contributed by atoms with Gasteiger partial charge in [-0.25, -0.2) is 18.6 Å². The van der Waals surface area contributed by atoms with Crippen LogP contribution in [0.25, 0.3) is 0 Å². The van der Waals surface area contributed by atoms with Gasteiger partial charge in [-0.2, -0.15) is 0 Å². The number of anilines is 1. The number of esters is 1. The number of halogens is 4. The summed E-state index contributed by atoms with van der Waals surface area (Å²) in [6, 6.07) is 3.19. The first-order chi connectivity index (χ1) is 12.2. The van der Waals surface area contributed by atoms with E-state index < -0.39 is 35.0 Å². The van der Waals surface area contributed by atoms with E-state index in [1.807, 2.05) is 0 Å². The molecule has 1 aromatic carbocycles. The lowest BCUT2D eigenvalue weighted by atomic mass is 10.1. The van der Waals surface area contributed by atoms with Crippen molar-refractivity contribution in [3.05, 3.63) is 56.7 Å². The molecule has 1 aromatic heterocycles. The second-order valence-electron chi connectivity index (χ2n) is 5.39. The molecule has 5 nitrogen and oxygen atoms in total. The topological polar surface area (TPSA) is 59.5 Å². The van der Waals surface area contributed by atoms with E-state index in [4.69, 9.17) is 23.2 Å².